The number of methoxy groups -OCH3 is 2. The SMILES string of the molecule is CN=C(NCCCOC)N1CC(C)C(C(=O)OC)C1.I. The monoisotopic (exact) mass is 399 g/mol. The number of nitrogens with one attached hydrogen (secondary N) is 1. The number of rotatable bonds is 5. The normalized spacial score (nSPS) is 22.4. The average Bonchev–Trinajstić information content (AvgIpc) is 2.80. The predicted molar refractivity (Wildman–Crippen MR) is 89.5 cm³/mol. The Morgan fingerprint density at radius 2 is 2.10 bits per heavy atom. The van der Waals surface area contributed by atoms with Crippen LogP contribution in [0.25, 0.3) is 0 Å². The summed E-state index contributed by atoms with van der Waals surface area (Å²) in [7, 11) is 4.89. The van der Waals surface area contributed by atoms with Gasteiger partial charge in [-0.25, -0.2) is 0 Å². The molecule has 0 spiro atoms. The Morgan fingerprint density at radius 1 is 1.40 bits per heavy atom. The zero-order valence-corrected chi connectivity index (χ0v) is 15.0. The molecule has 2 atom stereocenters. The second-order valence-electron chi connectivity index (χ2n) is 4.83. The van der Waals surface area contributed by atoms with Gasteiger partial charge in [0.15, 0.2) is 5.96 Å². The lowest BCUT2D eigenvalue weighted by molar-refractivity contribution is -0.145. The minimum absolute atomic E-state index is 0. The molecule has 20 heavy (non-hydrogen) atoms. The molecular weight excluding hydrogens is 373 g/mol. The molecule has 6 nitrogen and oxygen atoms in total. The molecule has 7 heteroatoms. The number of guanidine groups is 1. The van der Waals surface area contributed by atoms with E-state index in [2.05, 4.69) is 22.1 Å². The van der Waals surface area contributed by atoms with Crippen molar-refractivity contribution in [2.45, 2.75) is 13.3 Å². The van der Waals surface area contributed by atoms with Crippen molar-refractivity contribution >= 4 is 35.9 Å². The number of esters is 1. The topological polar surface area (TPSA) is 63.2 Å². The lowest BCUT2D eigenvalue weighted by Crippen LogP contribution is -2.41. The van der Waals surface area contributed by atoms with E-state index in [1.807, 2.05) is 0 Å². The average molecular weight is 399 g/mol. The third kappa shape index (κ3) is 5.43. The van der Waals surface area contributed by atoms with Crippen LogP contribution in [0.1, 0.15) is 13.3 Å². The highest BCUT2D eigenvalue weighted by molar-refractivity contribution is 14.0. The third-order valence-electron chi connectivity index (χ3n) is 3.44. The van der Waals surface area contributed by atoms with Crippen molar-refractivity contribution in [2.75, 3.05) is 47.5 Å². The first kappa shape index (κ1) is 19.4. The van der Waals surface area contributed by atoms with Gasteiger partial charge in [-0.15, -0.1) is 24.0 Å². The van der Waals surface area contributed by atoms with Crippen molar-refractivity contribution in [2.24, 2.45) is 16.8 Å². The Morgan fingerprint density at radius 3 is 2.65 bits per heavy atom. The Labute approximate surface area is 138 Å². The van der Waals surface area contributed by atoms with Gasteiger partial charge < -0.3 is 19.7 Å². The van der Waals surface area contributed by atoms with Gasteiger partial charge in [0.25, 0.3) is 0 Å². The van der Waals surface area contributed by atoms with Gasteiger partial charge in [-0.2, -0.15) is 0 Å². The van der Waals surface area contributed by atoms with Crippen LogP contribution in [0.4, 0.5) is 0 Å². The molecule has 0 aromatic rings. The Hall–Kier alpha value is -0.570. The number of likely N-dealkylation sites (tertiary alicyclic amines) is 1. The summed E-state index contributed by atoms with van der Waals surface area (Å²) < 4.78 is 9.85. The fourth-order valence-corrected chi connectivity index (χ4v) is 2.35. The van der Waals surface area contributed by atoms with Gasteiger partial charge in [-0.1, -0.05) is 6.92 Å². The van der Waals surface area contributed by atoms with Crippen LogP contribution in [-0.2, 0) is 14.3 Å². The summed E-state index contributed by atoms with van der Waals surface area (Å²) in [4.78, 5) is 18.0. The maximum Gasteiger partial charge on any atom is 0.310 e. The molecule has 2 unspecified atom stereocenters. The van der Waals surface area contributed by atoms with Gasteiger partial charge in [0.05, 0.1) is 13.0 Å². The largest absolute Gasteiger partial charge is 0.469 e. The van der Waals surface area contributed by atoms with Crippen LogP contribution >= 0.6 is 24.0 Å². The van der Waals surface area contributed by atoms with Crippen LogP contribution in [0, 0.1) is 11.8 Å². The quantitative estimate of drug-likeness (QED) is 0.245. The van der Waals surface area contributed by atoms with E-state index in [4.69, 9.17) is 9.47 Å². The molecule has 0 aliphatic carbocycles. The molecule has 0 amide bonds. The second kappa shape index (κ2) is 10.2. The minimum Gasteiger partial charge on any atom is -0.469 e. The molecule has 1 aliphatic rings. The summed E-state index contributed by atoms with van der Waals surface area (Å²) in [6.07, 6.45) is 0.930. The van der Waals surface area contributed by atoms with Gasteiger partial charge in [-0.3, -0.25) is 9.79 Å². The molecule has 0 aromatic heterocycles. The van der Waals surface area contributed by atoms with Gasteiger partial charge in [0.2, 0.25) is 0 Å². The number of hydrogen-bond donors (Lipinski definition) is 1. The third-order valence-corrected chi connectivity index (χ3v) is 3.44. The number of ether oxygens (including phenoxy) is 2. The summed E-state index contributed by atoms with van der Waals surface area (Å²) in [6, 6.07) is 0. The molecular formula is C13H26IN3O3. The maximum atomic E-state index is 11.7. The molecule has 1 saturated heterocycles. The molecule has 1 heterocycles. The van der Waals surface area contributed by atoms with E-state index in [-0.39, 0.29) is 41.8 Å². The van der Waals surface area contributed by atoms with Crippen molar-refractivity contribution in [3.8, 4) is 0 Å². The lowest BCUT2D eigenvalue weighted by atomic mass is 9.99. The predicted octanol–water partition coefficient (Wildman–Crippen LogP) is 0.957. The summed E-state index contributed by atoms with van der Waals surface area (Å²) in [5.41, 5.74) is 0. The fraction of sp³-hybridized carbons (Fsp3) is 0.846. The molecule has 1 fully saturated rings. The number of carbonyl (C=O) groups is 1. The molecule has 0 aromatic carbocycles. The van der Waals surface area contributed by atoms with Gasteiger partial charge in [0, 0.05) is 40.4 Å². The molecule has 1 aliphatic heterocycles. The van der Waals surface area contributed by atoms with E-state index in [0.29, 0.717) is 6.54 Å². The number of nitrogens with zero attached hydrogens (tertiary/aromatic N) is 2. The maximum absolute atomic E-state index is 11.7. The molecule has 0 saturated carbocycles. The Bertz CT molecular complexity index is 326. The van der Waals surface area contributed by atoms with Crippen LogP contribution < -0.4 is 5.32 Å². The first-order chi connectivity index (χ1) is 9.13. The first-order valence-corrected chi connectivity index (χ1v) is 6.66. The first-order valence-electron chi connectivity index (χ1n) is 6.66. The number of aliphatic imine (C=N–C) groups is 1. The summed E-state index contributed by atoms with van der Waals surface area (Å²) >= 11 is 0. The number of halogens is 1. The Kier molecular flexibility index (Phi) is 9.91. The van der Waals surface area contributed by atoms with E-state index in [9.17, 15) is 4.79 Å². The molecule has 1 rings (SSSR count). The lowest BCUT2D eigenvalue weighted by Gasteiger charge is -2.21. The van der Waals surface area contributed by atoms with Gasteiger partial charge in [-0.05, 0) is 12.3 Å². The van der Waals surface area contributed by atoms with Crippen LogP contribution in [0.2, 0.25) is 0 Å². The molecule has 118 valence electrons. The molecule has 0 radical (unpaired) electrons. The van der Waals surface area contributed by atoms with Crippen molar-refractivity contribution in [1.29, 1.82) is 0 Å². The van der Waals surface area contributed by atoms with Crippen LogP contribution in [0.5, 0.6) is 0 Å². The summed E-state index contributed by atoms with van der Waals surface area (Å²) in [5, 5.41) is 3.29. The van der Waals surface area contributed by atoms with E-state index >= 15 is 0 Å². The number of carbonyl (C=O) groups excluding carboxylic acids is 1. The summed E-state index contributed by atoms with van der Waals surface area (Å²) in [5.74, 6) is 0.923. The fourth-order valence-electron chi connectivity index (χ4n) is 2.35. The van der Waals surface area contributed by atoms with Crippen molar-refractivity contribution in [3.05, 3.63) is 0 Å². The van der Waals surface area contributed by atoms with E-state index in [1.54, 1.807) is 14.2 Å². The van der Waals surface area contributed by atoms with E-state index in [0.717, 1.165) is 32.1 Å². The smallest absolute Gasteiger partial charge is 0.310 e. The van der Waals surface area contributed by atoms with Crippen molar-refractivity contribution in [3.63, 3.8) is 0 Å². The summed E-state index contributed by atoms with van der Waals surface area (Å²) in [6.45, 7) is 5.10. The van der Waals surface area contributed by atoms with Crippen molar-refractivity contribution in [1.82, 2.24) is 10.2 Å². The standard InChI is InChI=1S/C13H25N3O3.HI/c1-10-8-16(9-11(10)12(17)19-4)13(14-2)15-6-5-7-18-3;/h10-11H,5-9H2,1-4H3,(H,14,15);1H. The molecule has 0 bridgehead atoms. The van der Waals surface area contributed by atoms with Crippen LogP contribution in [0.3, 0.4) is 0 Å². The van der Waals surface area contributed by atoms with E-state index in [1.165, 1.54) is 7.11 Å². The highest BCUT2D eigenvalue weighted by Gasteiger charge is 2.36. The van der Waals surface area contributed by atoms with E-state index < -0.39 is 0 Å². The van der Waals surface area contributed by atoms with Crippen LogP contribution in [0.15, 0.2) is 4.99 Å². The Balaban J connectivity index is 0.00000361. The highest BCUT2D eigenvalue weighted by Crippen LogP contribution is 2.23. The second-order valence-corrected chi connectivity index (χ2v) is 4.83. The van der Waals surface area contributed by atoms with Crippen molar-refractivity contribution < 1.29 is 14.3 Å². The van der Waals surface area contributed by atoms with Gasteiger partial charge >= 0.3 is 5.97 Å². The van der Waals surface area contributed by atoms with Crippen LogP contribution in [-0.4, -0.2) is 64.3 Å². The number of hydrogen-bond acceptors (Lipinski definition) is 4. The van der Waals surface area contributed by atoms with Gasteiger partial charge in [0.1, 0.15) is 0 Å². The highest BCUT2D eigenvalue weighted by atomic mass is 127. The zero-order chi connectivity index (χ0) is 14.3. The minimum atomic E-state index is -0.134. The zero-order valence-electron chi connectivity index (χ0n) is 12.7. The molecule has 1 N–H and O–H groups in total.